The monoisotopic (exact) mass is 769 g/mol. The molecule has 5 heteroatoms. The van der Waals surface area contributed by atoms with Gasteiger partial charge in [0.1, 0.15) is 16.7 Å². The minimum Gasteiger partial charge on any atom is -0.455 e. The summed E-state index contributed by atoms with van der Waals surface area (Å²) in [5.41, 5.74) is 15.1. The Hall–Kier alpha value is -8.15. The largest absolute Gasteiger partial charge is 0.455 e. The van der Waals surface area contributed by atoms with Crippen LogP contribution in [0, 0.1) is 0 Å². The molecule has 3 aromatic heterocycles. The molecule has 12 aromatic rings. The van der Waals surface area contributed by atoms with Crippen LogP contribution in [-0.4, -0.2) is 9.55 Å². The van der Waals surface area contributed by atoms with Crippen molar-refractivity contribution in [2.75, 3.05) is 4.90 Å². The van der Waals surface area contributed by atoms with Gasteiger partial charge in [-0.15, -0.1) is 0 Å². The number of fused-ring (bicyclic) bond motifs is 8. The van der Waals surface area contributed by atoms with E-state index in [-0.39, 0.29) is 0 Å². The van der Waals surface area contributed by atoms with E-state index in [1.165, 1.54) is 10.8 Å². The average molecular weight is 770 g/mol. The SMILES string of the molecule is c1ccc(-c2nc3ccc4oc5c(-c6ccc(N(c7ccccc7-c7ccccc7)c7cccc8c7c7ccccc7n8-c7ccccc7)cc6)cccc5c4c3o2)cc1. The first kappa shape index (κ1) is 33.9. The van der Waals surface area contributed by atoms with Crippen molar-refractivity contribution in [2.24, 2.45) is 0 Å². The lowest BCUT2D eigenvalue weighted by molar-refractivity contribution is 0.622. The molecule has 9 aromatic carbocycles. The van der Waals surface area contributed by atoms with E-state index in [1.54, 1.807) is 0 Å². The number of nitrogens with zero attached hydrogens (tertiary/aromatic N) is 3. The molecule has 0 saturated carbocycles. The van der Waals surface area contributed by atoms with Gasteiger partial charge in [0.2, 0.25) is 5.89 Å². The first-order valence-corrected chi connectivity index (χ1v) is 20.2. The van der Waals surface area contributed by atoms with Gasteiger partial charge in [-0.2, -0.15) is 0 Å². The fourth-order valence-electron chi connectivity index (χ4n) is 8.97. The number of aromatic nitrogens is 2. The van der Waals surface area contributed by atoms with Crippen molar-refractivity contribution in [1.29, 1.82) is 0 Å². The molecule has 5 nitrogen and oxygen atoms in total. The summed E-state index contributed by atoms with van der Waals surface area (Å²) in [7, 11) is 0. The van der Waals surface area contributed by atoms with Gasteiger partial charge in [0.15, 0.2) is 5.58 Å². The van der Waals surface area contributed by atoms with E-state index in [4.69, 9.17) is 13.8 Å². The highest BCUT2D eigenvalue weighted by Crippen LogP contribution is 2.47. The first-order valence-electron chi connectivity index (χ1n) is 20.2. The van der Waals surface area contributed by atoms with E-state index in [9.17, 15) is 0 Å². The Morgan fingerprint density at radius 1 is 0.400 bits per heavy atom. The van der Waals surface area contributed by atoms with E-state index in [1.807, 2.05) is 42.5 Å². The molecule has 282 valence electrons. The highest BCUT2D eigenvalue weighted by molar-refractivity contribution is 6.19. The van der Waals surface area contributed by atoms with Crippen molar-refractivity contribution in [3.05, 3.63) is 212 Å². The Kier molecular flexibility index (Phi) is 7.78. The molecule has 60 heavy (non-hydrogen) atoms. The second-order valence-electron chi connectivity index (χ2n) is 15.1. The third-order valence-electron chi connectivity index (χ3n) is 11.6. The summed E-state index contributed by atoms with van der Waals surface area (Å²) in [4.78, 5) is 7.26. The van der Waals surface area contributed by atoms with Crippen LogP contribution < -0.4 is 4.90 Å². The topological polar surface area (TPSA) is 47.3 Å². The number of oxazole rings is 1. The average Bonchev–Trinajstić information content (AvgIpc) is 4.03. The summed E-state index contributed by atoms with van der Waals surface area (Å²) in [6.45, 7) is 0. The zero-order chi connectivity index (χ0) is 39.6. The third kappa shape index (κ3) is 5.37. The number of hydrogen-bond acceptors (Lipinski definition) is 4. The number of para-hydroxylation sites is 4. The van der Waals surface area contributed by atoms with Gasteiger partial charge in [0.05, 0.1) is 27.8 Å². The van der Waals surface area contributed by atoms with Crippen molar-refractivity contribution in [3.8, 4) is 39.4 Å². The lowest BCUT2D eigenvalue weighted by Crippen LogP contribution is -2.11. The van der Waals surface area contributed by atoms with Gasteiger partial charge < -0.3 is 18.3 Å². The smallest absolute Gasteiger partial charge is 0.227 e. The van der Waals surface area contributed by atoms with E-state index >= 15 is 0 Å². The zero-order valence-electron chi connectivity index (χ0n) is 32.4. The zero-order valence-corrected chi connectivity index (χ0v) is 32.4. The minimum atomic E-state index is 0.595. The minimum absolute atomic E-state index is 0.595. The van der Waals surface area contributed by atoms with Crippen molar-refractivity contribution in [3.63, 3.8) is 0 Å². The van der Waals surface area contributed by atoms with Crippen molar-refractivity contribution in [1.82, 2.24) is 9.55 Å². The molecule has 0 bridgehead atoms. The Bertz CT molecular complexity index is 3530. The Morgan fingerprint density at radius 2 is 1.02 bits per heavy atom. The number of hydrogen-bond donors (Lipinski definition) is 0. The van der Waals surface area contributed by atoms with E-state index < -0.39 is 0 Å². The highest BCUT2D eigenvalue weighted by Gasteiger charge is 2.24. The van der Waals surface area contributed by atoms with Crippen LogP contribution >= 0.6 is 0 Å². The van der Waals surface area contributed by atoms with E-state index in [0.717, 1.165) is 94.6 Å². The van der Waals surface area contributed by atoms with Gasteiger partial charge in [-0.05, 0) is 83.9 Å². The Morgan fingerprint density at radius 3 is 1.83 bits per heavy atom. The lowest BCUT2D eigenvalue weighted by atomic mass is 9.99. The second kappa shape index (κ2) is 13.8. The second-order valence-corrected chi connectivity index (χ2v) is 15.1. The molecule has 0 aliphatic rings. The van der Waals surface area contributed by atoms with Crippen molar-refractivity contribution >= 4 is 71.9 Å². The molecule has 0 radical (unpaired) electrons. The quantitative estimate of drug-likeness (QED) is 0.162. The summed E-state index contributed by atoms with van der Waals surface area (Å²) in [5.74, 6) is 0.595. The van der Waals surface area contributed by atoms with Gasteiger partial charge in [-0.3, -0.25) is 0 Å². The van der Waals surface area contributed by atoms with Gasteiger partial charge in [-0.1, -0.05) is 140 Å². The summed E-state index contributed by atoms with van der Waals surface area (Å²) < 4.78 is 15.5. The molecular formula is C55H35N3O2. The van der Waals surface area contributed by atoms with E-state index in [0.29, 0.717) is 5.89 Å². The fourth-order valence-corrected chi connectivity index (χ4v) is 8.97. The maximum Gasteiger partial charge on any atom is 0.227 e. The van der Waals surface area contributed by atoms with Crippen molar-refractivity contribution in [2.45, 2.75) is 0 Å². The number of benzene rings is 9. The third-order valence-corrected chi connectivity index (χ3v) is 11.6. The summed E-state index contributed by atoms with van der Waals surface area (Å²) in [6, 6.07) is 74.6. The van der Waals surface area contributed by atoms with Crippen LogP contribution in [-0.2, 0) is 0 Å². The number of furan rings is 1. The van der Waals surface area contributed by atoms with Crippen LogP contribution in [0.5, 0.6) is 0 Å². The van der Waals surface area contributed by atoms with Crippen LogP contribution in [0.3, 0.4) is 0 Å². The molecule has 0 N–H and O–H groups in total. The predicted octanol–water partition coefficient (Wildman–Crippen LogP) is 15.3. The van der Waals surface area contributed by atoms with Crippen LogP contribution in [0.4, 0.5) is 17.1 Å². The summed E-state index contributed by atoms with van der Waals surface area (Å²) in [5, 5.41) is 4.30. The maximum absolute atomic E-state index is 6.67. The van der Waals surface area contributed by atoms with Gasteiger partial charge in [-0.25, -0.2) is 4.98 Å². The Balaban J connectivity index is 1.04. The molecule has 0 atom stereocenters. The maximum atomic E-state index is 6.67. The molecule has 0 saturated heterocycles. The molecule has 0 aliphatic heterocycles. The van der Waals surface area contributed by atoms with Gasteiger partial charge in [0, 0.05) is 44.2 Å². The highest BCUT2D eigenvalue weighted by atomic mass is 16.4. The molecule has 0 fully saturated rings. The van der Waals surface area contributed by atoms with Crippen LogP contribution in [0.25, 0.3) is 94.2 Å². The normalized spacial score (nSPS) is 11.7. The predicted molar refractivity (Wildman–Crippen MR) is 247 cm³/mol. The number of anilines is 3. The molecular weight excluding hydrogens is 735 g/mol. The fraction of sp³-hybridized carbons (Fsp3) is 0. The first-order chi connectivity index (χ1) is 29.8. The number of rotatable bonds is 7. The van der Waals surface area contributed by atoms with Gasteiger partial charge >= 0.3 is 0 Å². The lowest BCUT2D eigenvalue weighted by Gasteiger charge is -2.29. The summed E-state index contributed by atoms with van der Waals surface area (Å²) >= 11 is 0. The Labute approximate surface area is 345 Å². The van der Waals surface area contributed by atoms with Crippen LogP contribution in [0.15, 0.2) is 221 Å². The van der Waals surface area contributed by atoms with Gasteiger partial charge in [0.25, 0.3) is 0 Å². The standard InChI is InChI=1S/C55H35N3O2/c1-4-16-36(17-5-1)41-22-10-12-26-46(41)58(49-29-15-28-48-51(49)43-23-11-13-27-47(43)57(48)39-20-8-3-9-21-39)40-32-30-37(31-33-40)42-24-14-25-44-52-50(59-53(42)44)35-34-45-54(52)60-55(56-45)38-18-6-2-7-19-38/h1-35H. The summed E-state index contributed by atoms with van der Waals surface area (Å²) in [6.07, 6.45) is 0. The molecule has 0 spiro atoms. The van der Waals surface area contributed by atoms with Crippen molar-refractivity contribution < 1.29 is 8.83 Å². The molecule has 12 rings (SSSR count). The van der Waals surface area contributed by atoms with Crippen LogP contribution in [0.2, 0.25) is 0 Å². The molecule has 3 heterocycles. The van der Waals surface area contributed by atoms with Crippen LogP contribution in [0.1, 0.15) is 0 Å². The van der Waals surface area contributed by atoms with E-state index in [2.05, 4.69) is 179 Å². The molecule has 0 aliphatic carbocycles. The molecule has 0 unspecified atom stereocenters. The molecule has 0 amide bonds.